The van der Waals surface area contributed by atoms with Gasteiger partial charge in [0.25, 0.3) is 0 Å². The summed E-state index contributed by atoms with van der Waals surface area (Å²) in [6.45, 7) is 1.55. The van der Waals surface area contributed by atoms with Crippen LogP contribution in [0.25, 0.3) is 11.1 Å². The first-order chi connectivity index (χ1) is 13.5. The van der Waals surface area contributed by atoms with Gasteiger partial charge in [0, 0.05) is 28.2 Å². The van der Waals surface area contributed by atoms with E-state index in [4.69, 9.17) is 10.5 Å². The number of ether oxygens (including phenoxy) is 1. The lowest BCUT2D eigenvalue weighted by atomic mass is 10.00. The number of carbonyl (C=O) groups is 2. The molecule has 0 aliphatic heterocycles. The monoisotopic (exact) mass is 375 g/mol. The second-order valence-electron chi connectivity index (χ2n) is 6.24. The van der Waals surface area contributed by atoms with Crippen LogP contribution in [0, 0.1) is 0 Å². The number of ketones is 1. The molecular formula is C22H21N3O3. The number of nitrogens with two attached hydrogens (primary N) is 1. The molecule has 6 heteroatoms. The van der Waals surface area contributed by atoms with Crippen LogP contribution in [0.4, 0.5) is 21.9 Å². The van der Waals surface area contributed by atoms with Gasteiger partial charge in [-0.3, -0.25) is 4.79 Å². The third-order valence-electron chi connectivity index (χ3n) is 4.22. The fourth-order valence-electron chi connectivity index (χ4n) is 2.86. The Bertz CT molecular complexity index is 1010. The van der Waals surface area contributed by atoms with E-state index in [-0.39, 0.29) is 5.78 Å². The maximum atomic E-state index is 11.7. The molecule has 142 valence electrons. The van der Waals surface area contributed by atoms with Crippen molar-refractivity contribution < 1.29 is 14.3 Å². The lowest BCUT2D eigenvalue weighted by Crippen LogP contribution is -2.19. The van der Waals surface area contributed by atoms with Crippen LogP contribution in [-0.2, 0) is 0 Å². The van der Waals surface area contributed by atoms with Gasteiger partial charge in [-0.2, -0.15) is 0 Å². The Morgan fingerprint density at radius 1 is 0.893 bits per heavy atom. The maximum absolute atomic E-state index is 11.7. The first kappa shape index (κ1) is 19.0. The number of primary amides is 1. The van der Waals surface area contributed by atoms with Crippen molar-refractivity contribution in [2.45, 2.75) is 6.92 Å². The second-order valence-corrected chi connectivity index (χ2v) is 6.24. The van der Waals surface area contributed by atoms with Crippen LogP contribution in [-0.4, -0.2) is 18.9 Å². The molecule has 0 aromatic heterocycles. The van der Waals surface area contributed by atoms with Gasteiger partial charge in [0.2, 0.25) is 0 Å². The number of Topliss-reactive ketones (excluding diaryl/α,β-unsaturated/α-hetero) is 1. The van der Waals surface area contributed by atoms with Crippen molar-refractivity contribution in [2.75, 3.05) is 17.7 Å². The molecule has 2 amide bonds. The smallest absolute Gasteiger partial charge is 0.316 e. The Kier molecular flexibility index (Phi) is 5.60. The maximum Gasteiger partial charge on any atom is 0.316 e. The highest BCUT2D eigenvalue weighted by molar-refractivity contribution is 5.95. The number of rotatable bonds is 6. The van der Waals surface area contributed by atoms with Crippen LogP contribution in [0.15, 0.2) is 66.7 Å². The van der Waals surface area contributed by atoms with Gasteiger partial charge < -0.3 is 21.1 Å². The molecular weight excluding hydrogens is 354 g/mol. The van der Waals surface area contributed by atoms with Gasteiger partial charge in [-0.15, -0.1) is 0 Å². The van der Waals surface area contributed by atoms with E-state index in [2.05, 4.69) is 10.6 Å². The fraction of sp³-hybridized carbons (Fsp3) is 0.0909. The number of urea groups is 1. The van der Waals surface area contributed by atoms with Crippen molar-refractivity contribution in [3.05, 3.63) is 72.3 Å². The average Bonchev–Trinajstić information content (AvgIpc) is 2.69. The third kappa shape index (κ3) is 4.48. The zero-order valence-electron chi connectivity index (χ0n) is 15.7. The van der Waals surface area contributed by atoms with E-state index in [0.29, 0.717) is 17.0 Å². The van der Waals surface area contributed by atoms with E-state index in [1.165, 1.54) is 0 Å². The molecule has 28 heavy (non-hydrogen) atoms. The molecule has 0 radical (unpaired) electrons. The Balaban J connectivity index is 1.90. The topological polar surface area (TPSA) is 93.4 Å². The van der Waals surface area contributed by atoms with Crippen LogP contribution in [0.5, 0.6) is 5.75 Å². The Hall–Kier alpha value is -3.80. The minimum absolute atomic E-state index is 0.0137. The molecule has 0 bridgehead atoms. The van der Waals surface area contributed by atoms with E-state index in [0.717, 1.165) is 22.5 Å². The third-order valence-corrected chi connectivity index (χ3v) is 4.22. The summed E-state index contributed by atoms with van der Waals surface area (Å²) in [5.74, 6) is 0.729. The fourth-order valence-corrected chi connectivity index (χ4v) is 2.86. The van der Waals surface area contributed by atoms with Crippen molar-refractivity contribution in [3.63, 3.8) is 0 Å². The number of methoxy groups -OCH3 is 1. The van der Waals surface area contributed by atoms with Gasteiger partial charge in [0.15, 0.2) is 5.78 Å². The first-order valence-electron chi connectivity index (χ1n) is 8.69. The minimum Gasteiger partial charge on any atom is -0.496 e. The van der Waals surface area contributed by atoms with Crippen molar-refractivity contribution in [1.29, 1.82) is 0 Å². The molecule has 0 fully saturated rings. The average molecular weight is 375 g/mol. The Labute approximate surface area is 163 Å². The first-order valence-corrected chi connectivity index (χ1v) is 8.69. The zero-order valence-corrected chi connectivity index (χ0v) is 15.7. The van der Waals surface area contributed by atoms with Gasteiger partial charge in [0.1, 0.15) is 5.75 Å². The second kappa shape index (κ2) is 8.26. The minimum atomic E-state index is -0.603. The van der Waals surface area contributed by atoms with Crippen molar-refractivity contribution in [3.8, 4) is 16.9 Å². The molecule has 3 aromatic rings. The van der Waals surface area contributed by atoms with Gasteiger partial charge >= 0.3 is 6.03 Å². The number of amides is 2. The largest absolute Gasteiger partial charge is 0.496 e. The molecule has 0 saturated heterocycles. The summed E-state index contributed by atoms with van der Waals surface area (Å²) in [5, 5.41) is 5.84. The van der Waals surface area contributed by atoms with Crippen LogP contribution in [0.1, 0.15) is 17.3 Å². The van der Waals surface area contributed by atoms with E-state index in [1.807, 2.05) is 48.5 Å². The molecule has 4 N–H and O–H groups in total. The highest BCUT2D eigenvalue weighted by atomic mass is 16.5. The van der Waals surface area contributed by atoms with Crippen LogP contribution < -0.4 is 21.1 Å². The standard InChI is InChI=1S/C22H21N3O3/c1-14(26)15-4-3-5-16(12-15)20-13-19(10-11-21(20)28-2)24-17-6-8-18(9-7-17)25-22(23)27/h3-13,24H,1-2H3,(H3,23,25,27). The summed E-state index contributed by atoms with van der Waals surface area (Å²) in [4.78, 5) is 22.6. The molecule has 0 atom stereocenters. The van der Waals surface area contributed by atoms with Crippen LogP contribution in [0.2, 0.25) is 0 Å². The quantitative estimate of drug-likeness (QED) is 0.540. The highest BCUT2D eigenvalue weighted by Crippen LogP contribution is 2.34. The van der Waals surface area contributed by atoms with Gasteiger partial charge in [0.05, 0.1) is 7.11 Å². The summed E-state index contributed by atoms with van der Waals surface area (Å²) in [7, 11) is 1.62. The molecule has 0 aliphatic carbocycles. The van der Waals surface area contributed by atoms with Crippen molar-refractivity contribution >= 4 is 28.9 Å². The molecule has 0 aliphatic rings. The molecule has 0 heterocycles. The molecule has 6 nitrogen and oxygen atoms in total. The zero-order chi connectivity index (χ0) is 20.1. The van der Waals surface area contributed by atoms with Gasteiger partial charge in [-0.1, -0.05) is 18.2 Å². The van der Waals surface area contributed by atoms with E-state index < -0.39 is 6.03 Å². The lowest BCUT2D eigenvalue weighted by Gasteiger charge is -2.13. The summed E-state index contributed by atoms with van der Waals surface area (Å²) in [6.07, 6.45) is 0. The number of hydrogen-bond acceptors (Lipinski definition) is 4. The van der Waals surface area contributed by atoms with Crippen molar-refractivity contribution in [1.82, 2.24) is 0 Å². The van der Waals surface area contributed by atoms with Gasteiger partial charge in [-0.25, -0.2) is 4.79 Å². The Morgan fingerprint density at radius 3 is 2.21 bits per heavy atom. The van der Waals surface area contributed by atoms with Crippen LogP contribution in [0.3, 0.4) is 0 Å². The highest BCUT2D eigenvalue weighted by Gasteiger charge is 2.10. The molecule has 0 spiro atoms. The summed E-state index contributed by atoms with van der Waals surface area (Å²) in [6, 6.07) is 19.8. The Morgan fingerprint density at radius 2 is 1.57 bits per heavy atom. The normalized spacial score (nSPS) is 10.2. The molecule has 0 saturated carbocycles. The van der Waals surface area contributed by atoms with Gasteiger partial charge in [-0.05, 0) is 61.0 Å². The molecule has 0 unspecified atom stereocenters. The number of carbonyl (C=O) groups excluding carboxylic acids is 2. The molecule has 3 aromatic carbocycles. The SMILES string of the molecule is COc1ccc(Nc2ccc(NC(N)=O)cc2)cc1-c1cccc(C(C)=O)c1. The van der Waals surface area contributed by atoms with Crippen LogP contribution >= 0.6 is 0 Å². The summed E-state index contributed by atoms with van der Waals surface area (Å²) >= 11 is 0. The molecule has 3 rings (SSSR count). The van der Waals surface area contributed by atoms with Crippen molar-refractivity contribution in [2.24, 2.45) is 5.73 Å². The predicted octanol–water partition coefficient (Wildman–Crippen LogP) is 4.80. The predicted molar refractivity (Wildman–Crippen MR) is 111 cm³/mol. The number of benzene rings is 3. The number of anilines is 3. The lowest BCUT2D eigenvalue weighted by molar-refractivity contribution is 0.101. The van der Waals surface area contributed by atoms with E-state index in [9.17, 15) is 9.59 Å². The van der Waals surface area contributed by atoms with E-state index >= 15 is 0 Å². The number of hydrogen-bond donors (Lipinski definition) is 3. The summed E-state index contributed by atoms with van der Waals surface area (Å²) in [5.41, 5.74) is 9.87. The number of nitrogens with one attached hydrogen (secondary N) is 2. The van der Waals surface area contributed by atoms with E-state index in [1.54, 1.807) is 32.2 Å². The summed E-state index contributed by atoms with van der Waals surface area (Å²) < 4.78 is 5.49.